The van der Waals surface area contributed by atoms with Crippen molar-refractivity contribution in [2.75, 3.05) is 62.8 Å². The van der Waals surface area contributed by atoms with Gasteiger partial charge in [0.05, 0.1) is 0 Å². The van der Waals surface area contributed by atoms with Gasteiger partial charge in [-0.25, -0.2) is 4.98 Å². The molecule has 23 heavy (non-hydrogen) atoms. The van der Waals surface area contributed by atoms with Gasteiger partial charge in [-0.05, 0) is 19.8 Å². The molecule has 0 aliphatic carbocycles. The first-order valence-corrected chi connectivity index (χ1v) is 8.29. The van der Waals surface area contributed by atoms with Gasteiger partial charge in [-0.3, -0.25) is 4.79 Å². The highest BCUT2D eigenvalue weighted by Crippen LogP contribution is 2.21. The lowest BCUT2D eigenvalue weighted by atomic mass is 10.3. The molecule has 0 spiro atoms. The maximum absolute atomic E-state index is 11.9. The molecule has 2 saturated heterocycles. The van der Waals surface area contributed by atoms with E-state index in [4.69, 9.17) is 9.72 Å². The van der Waals surface area contributed by atoms with Gasteiger partial charge in [0.1, 0.15) is 12.4 Å². The van der Waals surface area contributed by atoms with Crippen LogP contribution in [-0.2, 0) is 9.53 Å². The minimum atomic E-state index is 0.0590. The largest absolute Gasteiger partial charge is 0.375 e. The molecule has 1 amide bonds. The molecule has 2 aliphatic heterocycles. The first kappa shape index (κ1) is 16.0. The summed E-state index contributed by atoms with van der Waals surface area (Å²) in [6, 6.07) is 2.03. The fourth-order valence-corrected chi connectivity index (χ4v) is 3.16. The Labute approximate surface area is 137 Å². The highest BCUT2D eigenvalue weighted by molar-refractivity contribution is 5.77. The minimum absolute atomic E-state index is 0.0590. The highest BCUT2D eigenvalue weighted by Gasteiger charge is 2.23. The highest BCUT2D eigenvalue weighted by atomic mass is 16.5. The topological polar surface area (TPSA) is 61.8 Å². The molecular weight excluding hydrogens is 294 g/mol. The third kappa shape index (κ3) is 3.72. The zero-order valence-corrected chi connectivity index (χ0v) is 14.0. The number of amides is 1. The number of aryl methyl sites for hydroxylation is 1. The molecule has 0 aromatic carbocycles. The Morgan fingerprint density at radius 3 is 2.43 bits per heavy atom. The number of anilines is 2. The molecule has 3 rings (SSSR count). The molecule has 0 N–H and O–H groups in total. The fourth-order valence-electron chi connectivity index (χ4n) is 3.16. The number of nitrogens with zero attached hydrogens (tertiary/aromatic N) is 5. The van der Waals surface area contributed by atoms with Gasteiger partial charge in [-0.2, -0.15) is 4.98 Å². The molecule has 126 valence electrons. The summed E-state index contributed by atoms with van der Waals surface area (Å²) < 4.78 is 4.93. The second kappa shape index (κ2) is 7.12. The Balaban J connectivity index is 1.67. The number of hydrogen-bond acceptors (Lipinski definition) is 6. The lowest BCUT2D eigenvalue weighted by molar-refractivity contribution is -0.135. The molecule has 0 unspecified atom stereocenters. The van der Waals surface area contributed by atoms with Crippen LogP contribution >= 0.6 is 0 Å². The van der Waals surface area contributed by atoms with Crippen LogP contribution in [0.5, 0.6) is 0 Å². The molecule has 0 saturated carbocycles. The quantitative estimate of drug-likeness (QED) is 0.813. The number of carbonyl (C=O) groups excluding carboxylic acids is 1. The summed E-state index contributed by atoms with van der Waals surface area (Å²) in [7, 11) is 1.55. The van der Waals surface area contributed by atoms with E-state index in [-0.39, 0.29) is 12.5 Å². The van der Waals surface area contributed by atoms with Crippen molar-refractivity contribution >= 4 is 17.7 Å². The van der Waals surface area contributed by atoms with Gasteiger partial charge < -0.3 is 19.4 Å². The number of hydrogen-bond donors (Lipinski definition) is 0. The van der Waals surface area contributed by atoms with Gasteiger partial charge in [-0.15, -0.1) is 0 Å². The molecule has 7 heteroatoms. The lowest BCUT2D eigenvalue weighted by Crippen LogP contribution is -2.50. The predicted octanol–water partition coefficient (Wildman–Crippen LogP) is 0.680. The SMILES string of the molecule is COCC(=O)N1CCN(c2cc(C)nc(N3CCCC3)n2)CC1. The van der Waals surface area contributed by atoms with Gasteiger partial charge >= 0.3 is 0 Å². The zero-order valence-electron chi connectivity index (χ0n) is 14.0. The van der Waals surface area contributed by atoms with Crippen molar-refractivity contribution in [3.63, 3.8) is 0 Å². The summed E-state index contributed by atoms with van der Waals surface area (Å²) in [5, 5.41) is 0. The molecular formula is C16H25N5O2. The Kier molecular flexibility index (Phi) is 4.95. The van der Waals surface area contributed by atoms with Crippen molar-refractivity contribution in [2.24, 2.45) is 0 Å². The summed E-state index contributed by atoms with van der Waals surface area (Å²) in [6.07, 6.45) is 2.43. The van der Waals surface area contributed by atoms with Crippen molar-refractivity contribution in [3.05, 3.63) is 11.8 Å². The predicted molar refractivity (Wildman–Crippen MR) is 88.9 cm³/mol. The molecule has 3 heterocycles. The maximum atomic E-state index is 11.9. The van der Waals surface area contributed by atoms with E-state index in [1.807, 2.05) is 17.9 Å². The smallest absolute Gasteiger partial charge is 0.248 e. The first-order valence-electron chi connectivity index (χ1n) is 8.29. The Morgan fingerprint density at radius 1 is 1.09 bits per heavy atom. The Hall–Kier alpha value is -1.89. The van der Waals surface area contributed by atoms with E-state index >= 15 is 0 Å². The first-order chi connectivity index (χ1) is 11.2. The van der Waals surface area contributed by atoms with E-state index in [1.54, 1.807) is 7.11 Å². The number of rotatable bonds is 4. The van der Waals surface area contributed by atoms with Crippen molar-refractivity contribution in [3.8, 4) is 0 Å². The molecule has 2 aliphatic rings. The van der Waals surface area contributed by atoms with E-state index in [2.05, 4.69) is 14.8 Å². The Bertz CT molecular complexity index is 551. The summed E-state index contributed by atoms with van der Waals surface area (Å²) in [5.74, 6) is 1.87. The van der Waals surface area contributed by atoms with Gasteiger partial charge in [0.25, 0.3) is 0 Å². The van der Waals surface area contributed by atoms with Crippen molar-refractivity contribution in [1.82, 2.24) is 14.9 Å². The lowest BCUT2D eigenvalue weighted by Gasteiger charge is -2.35. The van der Waals surface area contributed by atoms with Crippen LogP contribution < -0.4 is 9.80 Å². The monoisotopic (exact) mass is 319 g/mol. The number of ether oxygens (including phenoxy) is 1. The average Bonchev–Trinajstić information content (AvgIpc) is 3.09. The van der Waals surface area contributed by atoms with E-state index in [0.29, 0.717) is 13.1 Å². The molecule has 0 radical (unpaired) electrons. The van der Waals surface area contributed by atoms with E-state index < -0.39 is 0 Å². The third-order valence-corrected chi connectivity index (χ3v) is 4.44. The van der Waals surface area contributed by atoms with Crippen LogP contribution in [0.1, 0.15) is 18.5 Å². The molecule has 1 aromatic rings. The van der Waals surface area contributed by atoms with Crippen molar-refractivity contribution in [1.29, 1.82) is 0 Å². The van der Waals surface area contributed by atoms with Gasteiger partial charge in [0, 0.05) is 58.1 Å². The minimum Gasteiger partial charge on any atom is -0.375 e. The molecule has 0 bridgehead atoms. The Morgan fingerprint density at radius 2 is 1.78 bits per heavy atom. The third-order valence-electron chi connectivity index (χ3n) is 4.44. The summed E-state index contributed by atoms with van der Waals surface area (Å²) >= 11 is 0. The van der Waals surface area contributed by atoms with Crippen LogP contribution in [0.4, 0.5) is 11.8 Å². The van der Waals surface area contributed by atoms with Crippen LogP contribution in [-0.4, -0.2) is 73.8 Å². The molecule has 0 atom stereocenters. The summed E-state index contributed by atoms with van der Waals surface area (Å²) in [4.78, 5) is 27.6. The molecule has 7 nitrogen and oxygen atoms in total. The van der Waals surface area contributed by atoms with E-state index in [0.717, 1.165) is 43.6 Å². The van der Waals surface area contributed by atoms with Gasteiger partial charge in [0.2, 0.25) is 11.9 Å². The number of carbonyl (C=O) groups is 1. The average molecular weight is 319 g/mol. The summed E-state index contributed by atoms with van der Waals surface area (Å²) in [6.45, 7) is 7.28. The molecule has 1 aromatic heterocycles. The van der Waals surface area contributed by atoms with Crippen molar-refractivity contribution in [2.45, 2.75) is 19.8 Å². The van der Waals surface area contributed by atoms with Crippen molar-refractivity contribution < 1.29 is 9.53 Å². The standard InChI is InChI=1S/C16H25N5O2/c1-13-11-14(18-16(17-13)21-5-3-4-6-21)19-7-9-20(10-8-19)15(22)12-23-2/h11H,3-10,12H2,1-2H3. The van der Waals surface area contributed by atoms with Crippen LogP contribution in [0.2, 0.25) is 0 Å². The van der Waals surface area contributed by atoms with E-state index in [1.165, 1.54) is 12.8 Å². The van der Waals surface area contributed by atoms with Crippen LogP contribution in [0.15, 0.2) is 6.07 Å². The number of piperazine rings is 1. The number of methoxy groups -OCH3 is 1. The van der Waals surface area contributed by atoms with Crippen LogP contribution in [0.25, 0.3) is 0 Å². The van der Waals surface area contributed by atoms with E-state index in [9.17, 15) is 4.79 Å². The maximum Gasteiger partial charge on any atom is 0.248 e. The fraction of sp³-hybridized carbons (Fsp3) is 0.688. The van der Waals surface area contributed by atoms with Gasteiger partial charge in [0.15, 0.2) is 0 Å². The van der Waals surface area contributed by atoms with Crippen LogP contribution in [0.3, 0.4) is 0 Å². The second-order valence-electron chi connectivity index (χ2n) is 6.16. The second-order valence-corrected chi connectivity index (χ2v) is 6.16. The molecule has 2 fully saturated rings. The summed E-state index contributed by atoms with van der Waals surface area (Å²) in [5.41, 5.74) is 0.995. The van der Waals surface area contributed by atoms with Gasteiger partial charge in [-0.1, -0.05) is 0 Å². The normalized spacial score (nSPS) is 18.6. The van der Waals surface area contributed by atoms with Crippen LogP contribution in [0, 0.1) is 6.92 Å². The number of aromatic nitrogens is 2. The zero-order chi connectivity index (χ0) is 16.2.